The van der Waals surface area contributed by atoms with Crippen molar-refractivity contribution < 1.29 is 9.59 Å². The maximum absolute atomic E-state index is 12.8. The molecule has 0 radical (unpaired) electrons. The molecule has 2 amide bonds. The lowest BCUT2D eigenvalue weighted by Crippen LogP contribution is -2.18. The summed E-state index contributed by atoms with van der Waals surface area (Å²) in [6.07, 6.45) is 2.65. The minimum atomic E-state index is -0.246. The zero-order valence-electron chi connectivity index (χ0n) is 16.4. The van der Waals surface area contributed by atoms with E-state index < -0.39 is 0 Å². The number of amides is 2. The number of para-hydroxylation sites is 1. The Balaban J connectivity index is 1.75. The molecule has 3 aromatic rings. The van der Waals surface area contributed by atoms with Gasteiger partial charge in [0.15, 0.2) is 5.13 Å². The number of benzene rings is 2. The van der Waals surface area contributed by atoms with Crippen molar-refractivity contribution in [2.45, 2.75) is 19.8 Å². The first-order chi connectivity index (χ1) is 14.5. The van der Waals surface area contributed by atoms with Crippen LogP contribution in [0.25, 0.3) is 0 Å². The summed E-state index contributed by atoms with van der Waals surface area (Å²) in [6, 6.07) is 16.9. The van der Waals surface area contributed by atoms with Crippen molar-refractivity contribution in [3.8, 4) is 0 Å². The van der Waals surface area contributed by atoms with Crippen LogP contribution in [0.1, 0.15) is 27.9 Å². The van der Waals surface area contributed by atoms with Gasteiger partial charge in [0.2, 0.25) is 5.91 Å². The van der Waals surface area contributed by atoms with Crippen LogP contribution in [0.4, 0.5) is 16.5 Å². The Morgan fingerprint density at radius 2 is 1.80 bits per heavy atom. The lowest BCUT2D eigenvalue weighted by atomic mass is 10.1. The number of nitrogens with zero attached hydrogens (tertiary/aromatic N) is 2. The summed E-state index contributed by atoms with van der Waals surface area (Å²) in [7, 11) is 0. The van der Waals surface area contributed by atoms with E-state index in [1.807, 2.05) is 54.6 Å². The van der Waals surface area contributed by atoms with E-state index in [4.69, 9.17) is 5.84 Å². The molecule has 0 atom stereocenters. The number of carbonyl (C=O) groups is 2. The number of aromatic nitrogens is 1. The van der Waals surface area contributed by atoms with E-state index in [1.54, 1.807) is 0 Å². The molecule has 1 heterocycles. The van der Waals surface area contributed by atoms with Crippen molar-refractivity contribution in [2.24, 2.45) is 10.8 Å². The summed E-state index contributed by atoms with van der Waals surface area (Å²) < 4.78 is 0. The Morgan fingerprint density at radius 1 is 1.07 bits per heavy atom. The van der Waals surface area contributed by atoms with Gasteiger partial charge in [0, 0.05) is 12.6 Å². The Labute approximate surface area is 178 Å². The molecule has 8 nitrogen and oxygen atoms in total. The van der Waals surface area contributed by atoms with Gasteiger partial charge in [-0.15, -0.1) is 0 Å². The molecule has 5 N–H and O–H groups in total. The molecular formula is C21H22N6O2S. The Bertz CT molecular complexity index is 1030. The summed E-state index contributed by atoms with van der Waals surface area (Å²) in [5, 5.41) is 5.95. The van der Waals surface area contributed by atoms with Gasteiger partial charge in [-0.25, -0.2) is 15.8 Å². The number of aliphatic imine (C=N–C) groups is 1. The number of thiazole rings is 1. The highest BCUT2D eigenvalue weighted by molar-refractivity contribution is 7.17. The fourth-order valence-electron chi connectivity index (χ4n) is 2.74. The fourth-order valence-corrected chi connectivity index (χ4v) is 3.69. The second-order valence-electron chi connectivity index (χ2n) is 6.39. The predicted octanol–water partition coefficient (Wildman–Crippen LogP) is 3.26. The molecule has 9 heteroatoms. The molecular weight excluding hydrogens is 400 g/mol. The molecule has 0 aliphatic rings. The molecule has 1 aromatic heterocycles. The normalized spacial score (nSPS) is 10.7. The molecule has 2 aromatic carbocycles. The lowest BCUT2D eigenvalue weighted by molar-refractivity contribution is -0.114. The summed E-state index contributed by atoms with van der Waals surface area (Å²) >= 11 is 1.17. The first kappa shape index (κ1) is 21.2. The largest absolute Gasteiger partial charge is 0.321 e. The number of hydrogen-bond acceptors (Lipinski definition) is 6. The highest BCUT2D eigenvalue weighted by Crippen LogP contribution is 2.26. The minimum Gasteiger partial charge on any atom is -0.321 e. The molecule has 0 aliphatic carbocycles. The van der Waals surface area contributed by atoms with Gasteiger partial charge < -0.3 is 16.1 Å². The Hall–Kier alpha value is -3.56. The summed E-state index contributed by atoms with van der Waals surface area (Å²) in [6.45, 7) is 1.41. The van der Waals surface area contributed by atoms with Crippen molar-refractivity contribution >= 4 is 46.0 Å². The number of nitrogens with two attached hydrogens (primary N) is 1. The van der Waals surface area contributed by atoms with Crippen LogP contribution < -0.4 is 21.9 Å². The second-order valence-corrected chi connectivity index (χ2v) is 7.39. The zero-order valence-corrected chi connectivity index (χ0v) is 17.2. The van der Waals surface area contributed by atoms with Crippen molar-refractivity contribution in [2.75, 3.05) is 10.6 Å². The van der Waals surface area contributed by atoms with Crippen molar-refractivity contribution in [3.63, 3.8) is 0 Å². The minimum absolute atomic E-state index is 0.228. The standard InChI is InChI=1S/C21H22N6O2S/c1-14(28)25-21-27-18(12-9-15-7-10-16(11-8-15)23-13-24-22)19(30-21)20(29)26-17-5-3-2-4-6-17/h2-8,10-11,13H,9,12,22H2,1H3,(H,23,24)(H,26,29)(H,25,27,28). The van der Waals surface area contributed by atoms with Gasteiger partial charge in [-0.3, -0.25) is 9.59 Å². The number of hydrazine groups is 1. The number of rotatable bonds is 8. The average molecular weight is 423 g/mol. The Morgan fingerprint density at radius 3 is 2.47 bits per heavy atom. The number of nitrogens with one attached hydrogen (secondary N) is 3. The van der Waals surface area contributed by atoms with Crippen LogP contribution in [0.2, 0.25) is 0 Å². The van der Waals surface area contributed by atoms with E-state index in [-0.39, 0.29) is 11.8 Å². The molecule has 30 heavy (non-hydrogen) atoms. The lowest BCUT2D eigenvalue weighted by Gasteiger charge is -2.05. The van der Waals surface area contributed by atoms with E-state index in [1.165, 1.54) is 24.6 Å². The third kappa shape index (κ3) is 5.97. The number of anilines is 2. The van der Waals surface area contributed by atoms with Gasteiger partial charge in [0.05, 0.1) is 11.4 Å². The molecule has 0 aliphatic heterocycles. The molecule has 154 valence electrons. The van der Waals surface area contributed by atoms with Crippen LogP contribution in [0, 0.1) is 0 Å². The molecule has 3 rings (SSSR count). The average Bonchev–Trinajstić information content (AvgIpc) is 3.14. The number of carbonyl (C=O) groups excluding carboxylic acids is 2. The van der Waals surface area contributed by atoms with Crippen LogP contribution in [-0.2, 0) is 17.6 Å². The maximum atomic E-state index is 12.8. The number of aryl methyl sites for hydroxylation is 2. The van der Waals surface area contributed by atoms with E-state index >= 15 is 0 Å². The monoisotopic (exact) mass is 422 g/mol. The number of hydrogen-bond donors (Lipinski definition) is 4. The third-order valence-electron chi connectivity index (χ3n) is 4.09. The fraction of sp³-hybridized carbons (Fsp3) is 0.143. The first-order valence-corrected chi connectivity index (χ1v) is 10.1. The maximum Gasteiger partial charge on any atom is 0.267 e. The molecule has 0 unspecified atom stereocenters. The van der Waals surface area contributed by atoms with Crippen LogP contribution in [0.3, 0.4) is 0 Å². The van der Waals surface area contributed by atoms with E-state index in [9.17, 15) is 9.59 Å². The summed E-state index contributed by atoms with van der Waals surface area (Å²) in [4.78, 5) is 33.3. The van der Waals surface area contributed by atoms with Gasteiger partial charge in [-0.1, -0.05) is 41.7 Å². The molecule has 0 spiro atoms. The smallest absolute Gasteiger partial charge is 0.267 e. The zero-order chi connectivity index (χ0) is 21.3. The summed E-state index contributed by atoms with van der Waals surface area (Å²) in [5.74, 6) is 4.70. The van der Waals surface area contributed by atoms with Gasteiger partial charge in [-0.2, -0.15) is 0 Å². The SMILES string of the molecule is CC(=O)Nc1nc(CCc2ccc(N=CNN)cc2)c(C(=O)Nc2ccccc2)s1. The molecule has 0 bridgehead atoms. The van der Waals surface area contributed by atoms with E-state index in [0.717, 1.165) is 11.3 Å². The molecule has 0 saturated heterocycles. The first-order valence-electron chi connectivity index (χ1n) is 9.26. The highest BCUT2D eigenvalue weighted by atomic mass is 32.1. The van der Waals surface area contributed by atoms with Gasteiger partial charge >= 0.3 is 0 Å². The van der Waals surface area contributed by atoms with Crippen LogP contribution in [0.15, 0.2) is 59.6 Å². The van der Waals surface area contributed by atoms with Crippen molar-refractivity contribution in [1.29, 1.82) is 0 Å². The quantitative estimate of drug-likeness (QED) is 0.192. The predicted molar refractivity (Wildman–Crippen MR) is 120 cm³/mol. The van der Waals surface area contributed by atoms with Crippen LogP contribution in [-0.4, -0.2) is 23.1 Å². The topological polar surface area (TPSA) is 122 Å². The molecule has 0 fully saturated rings. The van der Waals surface area contributed by atoms with E-state index in [2.05, 4.69) is 26.0 Å². The van der Waals surface area contributed by atoms with E-state index in [0.29, 0.717) is 34.2 Å². The molecule has 0 saturated carbocycles. The Kier molecular flexibility index (Phi) is 7.25. The van der Waals surface area contributed by atoms with Gasteiger partial charge in [-0.05, 0) is 42.7 Å². The van der Waals surface area contributed by atoms with Crippen molar-refractivity contribution in [1.82, 2.24) is 10.4 Å². The highest BCUT2D eigenvalue weighted by Gasteiger charge is 2.19. The van der Waals surface area contributed by atoms with Crippen LogP contribution >= 0.6 is 11.3 Å². The van der Waals surface area contributed by atoms with Gasteiger partial charge in [0.25, 0.3) is 5.91 Å². The van der Waals surface area contributed by atoms with Gasteiger partial charge in [0.1, 0.15) is 11.2 Å². The third-order valence-corrected chi connectivity index (χ3v) is 5.11. The second kappa shape index (κ2) is 10.3. The summed E-state index contributed by atoms with van der Waals surface area (Å²) in [5.41, 5.74) is 5.57. The van der Waals surface area contributed by atoms with Crippen LogP contribution in [0.5, 0.6) is 0 Å². The van der Waals surface area contributed by atoms with Crippen molar-refractivity contribution in [3.05, 3.63) is 70.7 Å².